The normalized spacial score (nSPS) is 15.9. The van der Waals surface area contributed by atoms with Gasteiger partial charge in [-0.05, 0) is 32.9 Å². The van der Waals surface area contributed by atoms with Crippen molar-refractivity contribution in [2.75, 3.05) is 20.1 Å². The Kier molecular flexibility index (Phi) is 4.80. The Morgan fingerprint density at radius 1 is 1.26 bits per heavy atom. The Morgan fingerprint density at radius 3 is 2.78 bits per heavy atom. The molecule has 0 saturated carbocycles. The topological polar surface area (TPSA) is 75.3 Å². The minimum absolute atomic E-state index is 0.0810. The van der Waals surface area contributed by atoms with Crippen LogP contribution in [0.3, 0.4) is 0 Å². The second kappa shape index (κ2) is 7.25. The van der Waals surface area contributed by atoms with Gasteiger partial charge in [0.2, 0.25) is 5.78 Å². The number of para-hydroxylation sites is 1. The first-order valence-corrected chi connectivity index (χ1v) is 9.82. The van der Waals surface area contributed by atoms with Gasteiger partial charge in [0.1, 0.15) is 6.10 Å². The molecule has 1 aliphatic rings. The summed E-state index contributed by atoms with van der Waals surface area (Å²) in [4.78, 5) is 35.8. The molecule has 140 valence electrons. The van der Waals surface area contributed by atoms with Crippen molar-refractivity contribution < 1.29 is 14.3 Å². The standard InChI is InChI=1S/C20H21N3O3S/c1-12-17(20(25)26-13-7-9-23(2)10-8-13)22-19(27-12)18(24)15-11-21-16-6-4-3-5-14(15)16/h3-6,11,13,21H,7-10H2,1-2H3. The number of nitrogens with one attached hydrogen (secondary N) is 1. The number of carbonyl (C=O) groups excluding carboxylic acids is 2. The number of likely N-dealkylation sites (tertiary alicyclic amines) is 1. The number of hydrogen-bond donors (Lipinski definition) is 1. The number of carbonyl (C=O) groups is 2. The molecule has 4 rings (SSSR count). The zero-order chi connectivity index (χ0) is 19.0. The van der Waals surface area contributed by atoms with Crippen molar-refractivity contribution in [3.63, 3.8) is 0 Å². The number of fused-ring (bicyclic) bond motifs is 1. The number of aromatic nitrogens is 2. The van der Waals surface area contributed by atoms with E-state index >= 15 is 0 Å². The first-order chi connectivity index (χ1) is 13.0. The van der Waals surface area contributed by atoms with Crippen molar-refractivity contribution in [3.05, 3.63) is 51.6 Å². The molecule has 1 aromatic carbocycles. The third kappa shape index (κ3) is 3.52. The molecular weight excluding hydrogens is 362 g/mol. The van der Waals surface area contributed by atoms with Gasteiger partial charge in [0.05, 0.1) is 5.56 Å². The lowest BCUT2D eigenvalue weighted by Crippen LogP contribution is -2.35. The molecule has 0 aliphatic carbocycles. The third-order valence-electron chi connectivity index (χ3n) is 4.96. The number of piperidine rings is 1. The molecule has 3 heterocycles. The van der Waals surface area contributed by atoms with Crippen molar-refractivity contribution in [1.29, 1.82) is 0 Å². The Hall–Kier alpha value is -2.51. The van der Waals surface area contributed by atoms with Gasteiger partial charge in [-0.1, -0.05) is 18.2 Å². The fraction of sp³-hybridized carbons (Fsp3) is 0.350. The van der Waals surface area contributed by atoms with E-state index in [1.165, 1.54) is 11.3 Å². The van der Waals surface area contributed by atoms with Crippen molar-refractivity contribution in [1.82, 2.24) is 14.9 Å². The third-order valence-corrected chi connectivity index (χ3v) is 5.93. The summed E-state index contributed by atoms with van der Waals surface area (Å²) in [7, 11) is 2.06. The molecule has 0 unspecified atom stereocenters. The molecule has 0 radical (unpaired) electrons. The van der Waals surface area contributed by atoms with Gasteiger partial charge < -0.3 is 14.6 Å². The van der Waals surface area contributed by atoms with Crippen LogP contribution in [0, 0.1) is 6.92 Å². The fourth-order valence-electron chi connectivity index (χ4n) is 3.37. The zero-order valence-electron chi connectivity index (χ0n) is 15.3. The van der Waals surface area contributed by atoms with E-state index in [2.05, 4.69) is 21.9 Å². The first kappa shape index (κ1) is 17.9. The molecule has 2 aromatic heterocycles. The molecule has 0 spiro atoms. The maximum absolute atomic E-state index is 12.9. The second-order valence-electron chi connectivity index (χ2n) is 6.91. The van der Waals surface area contributed by atoms with Crippen LogP contribution < -0.4 is 0 Å². The Balaban J connectivity index is 1.54. The number of hydrogen-bond acceptors (Lipinski definition) is 6. The average Bonchev–Trinajstić information content (AvgIpc) is 3.27. The van der Waals surface area contributed by atoms with E-state index in [1.807, 2.05) is 24.3 Å². The predicted octanol–water partition coefficient (Wildman–Crippen LogP) is 3.41. The summed E-state index contributed by atoms with van der Waals surface area (Å²) in [6.07, 6.45) is 3.27. The van der Waals surface area contributed by atoms with Gasteiger partial charge in [0.15, 0.2) is 10.7 Å². The number of aromatic amines is 1. The number of esters is 1. The van der Waals surface area contributed by atoms with E-state index in [1.54, 1.807) is 13.1 Å². The van der Waals surface area contributed by atoms with E-state index in [9.17, 15) is 9.59 Å². The van der Waals surface area contributed by atoms with Crippen molar-refractivity contribution in [3.8, 4) is 0 Å². The van der Waals surface area contributed by atoms with Crippen LogP contribution in [0.15, 0.2) is 30.5 Å². The maximum atomic E-state index is 12.9. The summed E-state index contributed by atoms with van der Waals surface area (Å²) >= 11 is 1.24. The van der Waals surface area contributed by atoms with Gasteiger partial charge in [-0.15, -0.1) is 11.3 Å². The Morgan fingerprint density at radius 2 is 2.00 bits per heavy atom. The van der Waals surface area contributed by atoms with Crippen LogP contribution >= 0.6 is 11.3 Å². The van der Waals surface area contributed by atoms with Gasteiger partial charge in [0.25, 0.3) is 0 Å². The predicted molar refractivity (Wildman–Crippen MR) is 105 cm³/mol. The molecule has 0 atom stereocenters. The number of rotatable bonds is 4. The highest BCUT2D eigenvalue weighted by Crippen LogP contribution is 2.26. The van der Waals surface area contributed by atoms with Gasteiger partial charge in [-0.25, -0.2) is 9.78 Å². The van der Waals surface area contributed by atoms with Gasteiger partial charge in [-0.3, -0.25) is 4.79 Å². The number of nitrogens with zero attached hydrogens (tertiary/aromatic N) is 2. The van der Waals surface area contributed by atoms with E-state index in [4.69, 9.17) is 4.74 Å². The van der Waals surface area contributed by atoms with Crippen molar-refractivity contribution >= 4 is 34.0 Å². The van der Waals surface area contributed by atoms with Crippen LogP contribution in [0.4, 0.5) is 0 Å². The molecule has 0 amide bonds. The molecule has 1 aliphatic heterocycles. The monoisotopic (exact) mass is 383 g/mol. The summed E-state index contributed by atoms with van der Waals surface area (Å²) < 4.78 is 5.62. The Bertz CT molecular complexity index is 999. The summed E-state index contributed by atoms with van der Waals surface area (Å²) in [6, 6.07) is 7.63. The van der Waals surface area contributed by atoms with Gasteiger partial charge >= 0.3 is 5.97 Å². The van der Waals surface area contributed by atoms with Crippen LogP contribution in [0.25, 0.3) is 10.9 Å². The lowest BCUT2D eigenvalue weighted by molar-refractivity contribution is 0.0133. The number of ketones is 1. The van der Waals surface area contributed by atoms with Gasteiger partial charge in [0, 0.05) is 35.1 Å². The molecule has 1 saturated heterocycles. The van der Waals surface area contributed by atoms with Crippen molar-refractivity contribution in [2.45, 2.75) is 25.9 Å². The molecular formula is C20H21N3O3S. The number of H-pyrrole nitrogens is 1. The zero-order valence-corrected chi connectivity index (χ0v) is 16.1. The van der Waals surface area contributed by atoms with E-state index in [0.29, 0.717) is 15.4 Å². The van der Waals surface area contributed by atoms with Crippen LogP contribution in [0.5, 0.6) is 0 Å². The summed E-state index contributed by atoms with van der Waals surface area (Å²) in [5.41, 5.74) is 1.72. The summed E-state index contributed by atoms with van der Waals surface area (Å²) in [6.45, 7) is 3.63. The van der Waals surface area contributed by atoms with E-state index < -0.39 is 5.97 Å². The second-order valence-corrected chi connectivity index (χ2v) is 8.11. The summed E-state index contributed by atoms with van der Waals surface area (Å²) in [5, 5.41) is 1.17. The molecule has 1 N–H and O–H groups in total. The molecule has 7 heteroatoms. The fourth-order valence-corrected chi connectivity index (χ4v) is 4.22. The summed E-state index contributed by atoms with van der Waals surface area (Å²) in [5.74, 6) is -0.616. The minimum Gasteiger partial charge on any atom is -0.458 e. The van der Waals surface area contributed by atoms with Crippen LogP contribution in [0.1, 0.15) is 43.6 Å². The maximum Gasteiger partial charge on any atom is 0.358 e. The number of benzene rings is 1. The largest absolute Gasteiger partial charge is 0.458 e. The lowest BCUT2D eigenvalue weighted by atomic mass is 10.1. The highest BCUT2D eigenvalue weighted by atomic mass is 32.1. The molecule has 27 heavy (non-hydrogen) atoms. The van der Waals surface area contributed by atoms with Crippen LogP contribution in [0.2, 0.25) is 0 Å². The quantitative estimate of drug-likeness (QED) is 0.552. The average molecular weight is 383 g/mol. The molecule has 0 bridgehead atoms. The van der Waals surface area contributed by atoms with E-state index in [0.717, 1.165) is 36.8 Å². The van der Waals surface area contributed by atoms with Crippen LogP contribution in [-0.2, 0) is 4.74 Å². The number of ether oxygens (including phenoxy) is 1. The van der Waals surface area contributed by atoms with E-state index in [-0.39, 0.29) is 17.6 Å². The molecule has 1 fully saturated rings. The smallest absolute Gasteiger partial charge is 0.358 e. The highest BCUT2D eigenvalue weighted by molar-refractivity contribution is 7.14. The first-order valence-electron chi connectivity index (χ1n) is 9.00. The minimum atomic E-state index is -0.434. The molecule has 6 nitrogen and oxygen atoms in total. The van der Waals surface area contributed by atoms with Crippen molar-refractivity contribution in [2.24, 2.45) is 0 Å². The number of aryl methyl sites for hydroxylation is 1. The highest BCUT2D eigenvalue weighted by Gasteiger charge is 2.26. The lowest BCUT2D eigenvalue weighted by Gasteiger charge is -2.28. The van der Waals surface area contributed by atoms with Gasteiger partial charge in [-0.2, -0.15) is 0 Å². The number of thiazole rings is 1. The SMILES string of the molecule is Cc1sc(C(=O)c2c[nH]c3ccccc23)nc1C(=O)OC1CCN(C)CC1. The Labute approximate surface area is 161 Å². The van der Waals surface area contributed by atoms with Crippen LogP contribution in [-0.4, -0.2) is 52.9 Å². The molecule has 3 aromatic rings.